The Bertz CT molecular complexity index is 511. The molecule has 0 spiro atoms. The van der Waals surface area contributed by atoms with Gasteiger partial charge in [-0.2, -0.15) is 0 Å². The summed E-state index contributed by atoms with van der Waals surface area (Å²) >= 11 is 9.34. The van der Waals surface area contributed by atoms with E-state index in [4.69, 9.17) is 11.6 Å². The number of carbonyl (C=O) groups is 1. The summed E-state index contributed by atoms with van der Waals surface area (Å²) in [6.45, 7) is 4.86. The smallest absolute Gasteiger partial charge is 0.253 e. The number of halogens is 2. The summed E-state index contributed by atoms with van der Waals surface area (Å²) in [6, 6.07) is 5.37. The Balaban J connectivity index is 1.58. The monoisotopic (exact) mass is 356 g/mol. The normalized spacial score (nSPS) is 20.2. The highest BCUT2D eigenvalue weighted by Crippen LogP contribution is 2.30. The molecule has 108 valence electrons. The van der Waals surface area contributed by atoms with Gasteiger partial charge in [0.25, 0.3) is 5.91 Å². The van der Waals surface area contributed by atoms with Crippen LogP contribution in [0.1, 0.15) is 23.2 Å². The van der Waals surface area contributed by atoms with Crippen molar-refractivity contribution in [3.05, 3.63) is 33.3 Å². The zero-order valence-corrected chi connectivity index (χ0v) is 13.7. The van der Waals surface area contributed by atoms with E-state index >= 15 is 0 Å². The Morgan fingerprint density at radius 3 is 2.55 bits per heavy atom. The molecule has 3 nitrogen and oxygen atoms in total. The van der Waals surface area contributed by atoms with Crippen molar-refractivity contribution in [2.75, 3.05) is 32.7 Å². The van der Waals surface area contributed by atoms with Crippen LogP contribution in [0.25, 0.3) is 0 Å². The van der Waals surface area contributed by atoms with E-state index in [1.54, 1.807) is 18.2 Å². The second kappa shape index (κ2) is 6.04. The number of benzene rings is 1. The van der Waals surface area contributed by atoms with Crippen molar-refractivity contribution < 1.29 is 4.79 Å². The molecule has 2 aliphatic rings. The Kier molecular flexibility index (Phi) is 4.34. The van der Waals surface area contributed by atoms with E-state index < -0.39 is 0 Å². The van der Waals surface area contributed by atoms with Crippen molar-refractivity contribution in [3.63, 3.8) is 0 Å². The number of nitrogens with zero attached hydrogens (tertiary/aromatic N) is 2. The van der Waals surface area contributed by atoms with E-state index in [-0.39, 0.29) is 5.91 Å². The zero-order valence-electron chi connectivity index (χ0n) is 11.3. The molecule has 1 saturated heterocycles. The van der Waals surface area contributed by atoms with Gasteiger partial charge in [-0.25, -0.2) is 0 Å². The van der Waals surface area contributed by atoms with E-state index in [1.807, 2.05) is 4.90 Å². The fourth-order valence-corrected chi connectivity index (χ4v) is 3.11. The summed E-state index contributed by atoms with van der Waals surface area (Å²) in [6.07, 6.45) is 2.77. The standard InChI is InChI=1S/C15H18BrClN2O/c16-13-9-12(3-4-14(13)17)15(20)19-7-5-18(6-8-19)10-11-1-2-11/h3-4,9,11H,1-2,5-8,10H2. The number of amides is 1. The van der Waals surface area contributed by atoms with Gasteiger partial charge in [-0.05, 0) is 52.9 Å². The maximum absolute atomic E-state index is 12.4. The van der Waals surface area contributed by atoms with Gasteiger partial charge in [0, 0.05) is 42.8 Å². The first-order chi connectivity index (χ1) is 9.63. The molecule has 0 bridgehead atoms. The Morgan fingerprint density at radius 2 is 1.95 bits per heavy atom. The van der Waals surface area contributed by atoms with Crippen LogP contribution < -0.4 is 0 Å². The van der Waals surface area contributed by atoms with Crippen LogP contribution in [-0.2, 0) is 0 Å². The van der Waals surface area contributed by atoms with Crippen molar-refractivity contribution in [3.8, 4) is 0 Å². The number of hydrogen-bond acceptors (Lipinski definition) is 2. The minimum absolute atomic E-state index is 0.105. The van der Waals surface area contributed by atoms with Crippen molar-refractivity contribution in [1.29, 1.82) is 0 Å². The molecule has 20 heavy (non-hydrogen) atoms. The number of piperazine rings is 1. The Hall–Kier alpha value is -0.580. The van der Waals surface area contributed by atoms with Crippen LogP contribution in [-0.4, -0.2) is 48.4 Å². The fourth-order valence-electron chi connectivity index (χ4n) is 2.61. The van der Waals surface area contributed by atoms with Gasteiger partial charge in [-0.1, -0.05) is 11.6 Å². The lowest BCUT2D eigenvalue weighted by molar-refractivity contribution is 0.0632. The lowest BCUT2D eigenvalue weighted by Gasteiger charge is -2.34. The van der Waals surface area contributed by atoms with Gasteiger partial charge in [0.1, 0.15) is 0 Å². The van der Waals surface area contributed by atoms with Crippen LogP contribution in [0.2, 0.25) is 5.02 Å². The van der Waals surface area contributed by atoms with Crippen LogP contribution >= 0.6 is 27.5 Å². The molecule has 3 rings (SSSR count). The highest BCUT2D eigenvalue weighted by molar-refractivity contribution is 9.10. The molecule has 1 heterocycles. The molecule has 5 heteroatoms. The van der Waals surface area contributed by atoms with Gasteiger partial charge in [-0.3, -0.25) is 9.69 Å². The third kappa shape index (κ3) is 3.35. The summed E-state index contributed by atoms with van der Waals surface area (Å²) in [5.41, 5.74) is 0.705. The van der Waals surface area contributed by atoms with E-state index in [1.165, 1.54) is 19.4 Å². The molecular formula is C15H18BrClN2O. The third-order valence-electron chi connectivity index (χ3n) is 4.04. The van der Waals surface area contributed by atoms with E-state index in [9.17, 15) is 4.79 Å². The molecule has 1 aliphatic carbocycles. The molecule has 0 unspecified atom stereocenters. The predicted octanol–water partition coefficient (Wildman–Crippen LogP) is 3.27. The Labute approximate surface area is 133 Å². The van der Waals surface area contributed by atoms with Crippen LogP contribution in [0.5, 0.6) is 0 Å². The first-order valence-electron chi connectivity index (χ1n) is 7.10. The summed E-state index contributed by atoms with van der Waals surface area (Å²) in [7, 11) is 0. The van der Waals surface area contributed by atoms with Crippen molar-refractivity contribution in [1.82, 2.24) is 9.80 Å². The Morgan fingerprint density at radius 1 is 1.25 bits per heavy atom. The SMILES string of the molecule is O=C(c1ccc(Cl)c(Br)c1)N1CCN(CC2CC2)CC1. The van der Waals surface area contributed by atoms with Gasteiger partial charge < -0.3 is 4.90 Å². The van der Waals surface area contributed by atoms with Crippen molar-refractivity contribution in [2.45, 2.75) is 12.8 Å². The van der Waals surface area contributed by atoms with E-state index in [2.05, 4.69) is 20.8 Å². The molecule has 1 aromatic carbocycles. The molecular weight excluding hydrogens is 340 g/mol. The summed E-state index contributed by atoms with van der Waals surface area (Å²) in [5.74, 6) is 1.03. The molecule has 2 fully saturated rings. The first-order valence-corrected chi connectivity index (χ1v) is 8.27. The quantitative estimate of drug-likeness (QED) is 0.829. The van der Waals surface area contributed by atoms with Crippen molar-refractivity contribution in [2.24, 2.45) is 5.92 Å². The lowest BCUT2D eigenvalue weighted by atomic mass is 10.2. The van der Waals surface area contributed by atoms with Gasteiger partial charge >= 0.3 is 0 Å². The zero-order chi connectivity index (χ0) is 14.1. The van der Waals surface area contributed by atoms with Gasteiger partial charge in [0.2, 0.25) is 0 Å². The minimum Gasteiger partial charge on any atom is -0.336 e. The maximum atomic E-state index is 12.4. The lowest BCUT2D eigenvalue weighted by Crippen LogP contribution is -2.49. The topological polar surface area (TPSA) is 23.6 Å². The van der Waals surface area contributed by atoms with Gasteiger partial charge in [-0.15, -0.1) is 0 Å². The predicted molar refractivity (Wildman–Crippen MR) is 84.2 cm³/mol. The highest BCUT2D eigenvalue weighted by Gasteiger charge is 2.27. The summed E-state index contributed by atoms with van der Waals surface area (Å²) < 4.78 is 0.775. The first kappa shape index (κ1) is 14.4. The number of rotatable bonds is 3. The molecule has 1 amide bonds. The van der Waals surface area contributed by atoms with Crippen LogP contribution in [0.4, 0.5) is 0 Å². The molecule has 0 atom stereocenters. The summed E-state index contributed by atoms with van der Waals surface area (Å²) in [4.78, 5) is 16.9. The van der Waals surface area contributed by atoms with Crippen LogP contribution in [0.15, 0.2) is 22.7 Å². The second-order valence-electron chi connectivity index (χ2n) is 5.67. The molecule has 0 N–H and O–H groups in total. The largest absolute Gasteiger partial charge is 0.336 e. The second-order valence-corrected chi connectivity index (χ2v) is 6.93. The minimum atomic E-state index is 0.105. The fraction of sp³-hybridized carbons (Fsp3) is 0.533. The third-order valence-corrected chi connectivity index (χ3v) is 5.25. The van der Waals surface area contributed by atoms with Crippen molar-refractivity contribution >= 4 is 33.4 Å². The number of hydrogen-bond donors (Lipinski definition) is 0. The van der Waals surface area contributed by atoms with Crippen LogP contribution in [0, 0.1) is 5.92 Å². The summed E-state index contributed by atoms with van der Waals surface area (Å²) in [5, 5.41) is 0.635. The molecule has 0 aromatic heterocycles. The van der Waals surface area contributed by atoms with E-state index in [0.29, 0.717) is 10.6 Å². The maximum Gasteiger partial charge on any atom is 0.253 e. The van der Waals surface area contributed by atoms with Crippen LogP contribution in [0.3, 0.4) is 0 Å². The molecule has 1 aromatic rings. The average Bonchev–Trinajstić information content (AvgIpc) is 3.26. The van der Waals surface area contributed by atoms with Gasteiger partial charge in [0.05, 0.1) is 5.02 Å². The highest BCUT2D eigenvalue weighted by atomic mass is 79.9. The molecule has 1 saturated carbocycles. The number of carbonyl (C=O) groups excluding carboxylic acids is 1. The average molecular weight is 358 g/mol. The van der Waals surface area contributed by atoms with Gasteiger partial charge in [0.15, 0.2) is 0 Å². The molecule has 0 radical (unpaired) electrons. The van der Waals surface area contributed by atoms with E-state index in [0.717, 1.165) is 36.6 Å². The molecule has 1 aliphatic heterocycles.